The first-order valence-corrected chi connectivity index (χ1v) is 6.81. The van der Waals surface area contributed by atoms with E-state index in [2.05, 4.69) is 10.4 Å². The summed E-state index contributed by atoms with van der Waals surface area (Å²) in [6.45, 7) is 0.413. The second-order valence-corrected chi connectivity index (χ2v) is 5.17. The van der Waals surface area contributed by atoms with Gasteiger partial charge in [-0.2, -0.15) is 5.10 Å². The van der Waals surface area contributed by atoms with E-state index >= 15 is 0 Å². The van der Waals surface area contributed by atoms with Crippen LogP contribution in [0.4, 0.5) is 0 Å². The Bertz CT molecular complexity index is 536. The number of carbonyl (C=O) groups excluding carboxylic acids is 2. The van der Waals surface area contributed by atoms with Gasteiger partial charge in [0, 0.05) is 26.4 Å². The Hall–Kier alpha value is -2.15. The lowest BCUT2D eigenvalue weighted by Gasteiger charge is -2.23. The number of nitrogens with one attached hydrogen (secondary N) is 1. The minimum atomic E-state index is -0.243. The van der Waals surface area contributed by atoms with Crippen LogP contribution in [0.2, 0.25) is 0 Å². The molecule has 0 aromatic carbocycles. The Balaban J connectivity index is 1.97. The van der Waals surface area contributed by atoms with Gasteiger partial charge in [0.05, 0.1) is 12.3 Å². The number of hydrogen-bond donors (Lipinski definition) is 1. The molecule has 114 valence electrons. The van der Waals surface area contributed by atoms with E-state index in [1.165, 1.54) is 5.01 Å². The molecule has 0 saturated carbocycles. The second kappa shape index (κ2) is 6.53. The Morgan fingerprint density at radius 3 is 2.86 bits per heavy atom. The molecule has 0 bridgehead atoms. The molecule has 21 heavy (non-hydrogen) atoms. The van der Waals surface area contributed by atoms with Crippen LogP contribution in [-0.2, 0) is 9.59 Å². The molecule has 7 nitrogen and oxygen atoms in total. The van der Waals surface area contributed by atoms with Gasteiger partial charge >= 0.3 is 0 Å². The quantitative estimate of drug-likeness (QED) is 0.862. The molecule has 0 saturated heterocycles. The van der Waals surface area contributed by atoms with Crippen molar-refractivity contribution in [1.29, 1.82) is 0 Å². The highest BCUT2D eigenvalue weighted by atomic mass is 16.3. The third kappa shape index (κ3) is 3.69. The minimum absolute atomic E-state index is 0.0486. The first-order valence-electron chi connectivity index (χ1n) is 6.81. The van der Waals surface area contributed by atoms with Crippen molar-refractivity contribution in [2.24, 2.45) is 5.10 Å². The number of rotatable bonds is 5. The van der Waals surface area contributed by atoms with Gasteiger partial charge in [0.1, 0.15) is 11.5 Å². The number of nitrogens with zero attached hydrogens (tertiary/aromatic N) is 3. The van der Waals surface area contributed by atoms with Crippen molar-refractivity contribution in [3.8, 4) is 0 Å². The second-order valence-electron chi connectivity index (χ2n) is 5.17. The number of furan rings is 1. The van der Waals surface area contributed by atoms with E-state index in [1.54, 1.807) is 13.3 Å². The molecule has 1 N–H and O–H groups in total. The van der Waals surface area contributed by atoms with Crippen molar-refractivity contribution in [3.05, 3.63) is 24.2 Å². The first-order chi connectivity index (χ1) is 9.99. The fourth-order valence-electron chi connectivity index (χ4n) is 2.14. The van der Waals surface area contributed by atoms with Crippen LogP contribution in [0, 0.1) is 0 Å². The Labute approximate surface area is 123 Å². The van der Waals surface area contributed by atoms with Gasteiger partial charge < -0.3 is 9.73 Å². The zero-order valence-electron chi connectivity index (χ0n) is 12.5. The lowest BCUT2D eigenvalue weighted by Crippen LogP contribution is -2.41. The summed E-state index contributed by atoms with van der Waals surface area (Å²) < 4.78 is 5.39. The molecule has 0 unspecified atom stereocenters. The number of hydrogen-bond acceptors (Lipinski definition) is 5. The van der Waals surface area contributed by atoms with Gasteiger partial charge in [-0.1, -0.05) is 0 Å². The van der Waals surface area contributed by atoms with Crippen LogP contribution >= 0.6 is 0 Å². The van der Waals surface area contributed by atoms with Crippen molar-refractivity contribution in [3.63, 3.8) is 0 Å². The van der Waals surface area contributed by atoms with Crippen molar-refractivity contribution < 1.29 is 14.0 Å². The van der Waals surface area contributed by atoms with Crippen molar-refractivity contribution in [1.82, 2.24) is 15.2 Å². The summed E-state index contributed by atoms with van der Waals surface area (Å²) in [6, 6.07) is 3.65. The van der Waals surface area contributed by atoms with Gasteiger partial charge in [0.25, 0.3) is 5.91 Å². The van der Waals surface area contributed by atoms with E-state index in [4.69, 9.17) is 4.42 Å². The molecule has 1 aromatic rings. The first kappa shape index (κ1) is 15.2. The molecule has 1 aliphatic heterocycles. The summed E-state index contributed by atoms with van der Waals surface area (Å²) in [7, 11) is 5.40. The number of likely N-dealkylation sites (N-methyl/N-ethyl adjacent to an activating group) is 1. The molecule has 2 amide bonds. The molecule has 0 radical (unpaired) electrons. The minimum Gasteiger partial charge on any atom is -0.468 e. The average Bonchev–Trinajstić information content (AvgIpc) is 2.95. The average molecular weight is 292 g/mol. The third-order valence-electron chi connectivity index (χ3n) is 3.42. The fourth-order valence-corrected chi connectivity index (χ4v) is 2.14. The van der Waals surface area contributed by atoms with Gasteiger partial charge in [0.2, 0.25) is 5.91 Å². The van der Waals surface area contributed by atoms with Gasteiger partial charge in [0.15, 0.2) is 0 Å². The maximum atomic E-state index is 12.1. The Morgan fingerprint density at radius 1 is 1.52 bits per heavy atom. The topological polar surface area (TPSA) is 78.2 Å². The molecule has 2 heterocycles. The Morgan fingerprint density at radius 2 is 2.29 bits per heavy atom. The van der Waals surface area contributed by atoms with Crippen LogP contribution < -0.4 is 5.32 Å². The molecule has 2 rings (SSSR count). The third-order valence-corrected chi connectivity index (χ3v) is 3.42. The fraction of sp³-hybridized carbons (Fsp3) is 0.500. The van der Waals surface area contributed by atoms with Crippen LogP contribution in [-0.4, -0.2) is 55.1 Å². The molecule has 1 aliphatic rings. The summed E-state index contributed by atoms with van der Waals surface area (Å²) in [4.78, 5) is 25.4. The summed E-state index contributed by atoms with van der Waals surface area (Å²) in [5.74, 6) is 0.472. The summed E-state index contributed by atoms with van der Waals surface area (Å²) in [5, 5.41) is 8.06. The smallest absolute Gasteiger partial charge is 0.267 e. The van der Waals surface area contributed by atoms with E-state index in [-0.39, 0.29) is 17.9 Å². The number of amides is 2. The van der Waals surface area contributed by atoms with E-state index in [0.29, 0.717) is 25.1 Å². The van der Waals surface area contributed by atoms with Crippen LogP contribution in [0.3, 0.4) is 0 Å². The van der Waals surface area contributed by atoms with Gasteiger partial charge in [-0.3, -0.25) is 14.5 Å². The standard InChI is InChI=1S/C14H20N4O3/c1-17(2)11(12-5-4-8-21-12)9-15-14(20)10-6-7-13(19)18(3)16-10/h4-5,8,11H,6-7,9H2,1-3H3,(H,15,20)/t11-/m0/s1. The van der Waals surface area contributed by atoms with E-state index in [0.717, 1.165) is 5.76 Å². The predicted molar refractivity (Wildman–Crippen MR) is 77.6 cm³/mol. The zero-order chi connectivity index (χ0) is 15.4. The lowest BCUT2D eigenvalue weighted by molar-refractivity contribution is -0.130. The molecular weight excluding hydrogens is 272 g/mol. The van der Waals surface area contributed by atoms with Gasteiger partial charge in [-0.05, 0) is 26.2 Å². The van der Waals surface area contributed by atoms with E-state index < -0.39 is 0 Å². The molecule has 0 fully saturated rings. The molecular formula is C14H20N4O3. The van der Waals surface area contributed by atoms with Crippen LogP contribution in [0.25, 0.3) is 0 Å². The van der Waals surface area contributed by atoms with E-state index in [1.807, 2.05) is 31.1 Å². The highest BCUT2D eigenvalue weighted by Crippen LogP contribution is 2.17. The van der Waals surface area contributed by atoms with Crippen molar-refractivity contribution >= 4 is 17.5 Å². The van der Waals surface area contributed by atoms with Gasteiger partial charge in [-0.25, -0.2) is 5.01 Å². The molecule has 1 aromatic heterocycles. The monoisotopic (exact) mass is 292 g/mol. The van der Waals surface area contributed by atoms with Crippen LogP contribution in [0.15, 0.2) is 27.9 Å². The van der Waals surface area contributed by atoms with Gasteiger partial charge in [-0.15, -0.1) is 0 Å². The van der Waals surface area contributed by atoms with E-state index in [9.17, 15) is 9.59 Å². The van der Waals surface area contributed by atoms with Crippen LogP contribution in [0.1, 0.15) is 24.6 Å². The SMILES string of the molecule is CN1N=C(C(=O)NC[C@@H](c2ccco2)N(C)C)CCC1=O. The number of hydrazone groups is 1. The maximum absolute atomic E-state index is 12.1. The van der Waals surface area contributed by atoms with Crippen molar-refractivity contribution in [2.45, 2.75) is 18.9 Å². The Kier molecular flexibility index (Phi) is 4.74. The zero-order valence-corrected chi connectivity index (χ0v) is 12.5. The molecule has 0 spiro atoms. The number of carbonyl (C=O) groups is 2. The highest BCUT2D eigenvalue weighted by Gasteiger charge is 2.23. The largest absolute Gasteiger partial charge is 0.468 e. The summed E-state index contributed by atoms with van der Waals surface area (Å²) in [6.07, 6.45) is 2.31. The van der Waals surface area contributed by atoms with Crippen molar-refractivity contribution in [2.75, 3.05) is 27.7 Å². The summed E-state index contributed by atoms with van der Waals surface area (Å²) in [5.41, 5.74) is 0.383. The normalized spacial score (nSPS) is 16.9. The molecule has 7 heteroatoms. The lowest BCUT2D eigenvalue weighted by atomic mass is 10.1. The highest BCUT2D eigenvalue weighted by molar-refractivity contribution is 6.39. The maximum Gasteiger partial charge on any atom is 0.267 e. The predicted octanol–water partition coefficient (Wildman–Crippen LogP) is 0.607. The molecule has 0 aliphatic carbocycles. The van der Waals surface area contributed by atoms with Crippen LogP contribution in [0.5, 0.6) is 0 Å². The molecule has 1 atom stereocenters. The summed E-state index contributed by atoms with van der Waals surface area (Å²) >= 11 is 0.